The highest BCUT2D eigenvalue weighted by molar-refractivity contribution is 5.65. The molecule has 1 aliphatic carbocycles. The molecule has 0 aromatic rings. The lowest BCUT2D eigenvalue weighted by Crippen LogP contribution is -2.18. The van der Waals surface area contributed by atoms with Gasteiger partial charge in [-0.25, -0.2) is 0 Å². The molecule has 0 N–H and O–H groups in total. The van der Waals surface area contributed by atoms with E-state index in [4.69, 9.17) is 4.74 Å². The van der Waals surface area contributed by atoms with Crippen LogP contribution in [0.3, 0.4) is 0 Å². The van der Waals surface area contributed by atoms with Gasteiger partial charge >= 0.3 is 5.97 Å². The molecule has 0 aromatic heterocycles. The van der Waals surface area contributed by atoms with E-state index < -0.39 is 0 Å². The summed E-state index contributed by atoms with van der Waals surface area (Å²) in [5.41, 5.74) is 0. The SMILES string of the molecule is CC(=O)OCC1CCC1. The molecule has 9 heavy (non-hydrogen) atoms. The number of esters is 1. The summed E-state index contributed by atoms with van der Waals surface area (Å²) in [5.74, 6) is 0.524. The van der Waals surface area contributed by atoms with Gasteiger partial charge in [-0.15, -0.1) is 0 Å². The lowest BCUT2D eigenvalue weighted by Gasteiger charge is -2.24. The summed E-state index contributed by atoms with van der Waals surface area (Å²) in [7, 11) is 0. The van der Waals surface area contributed by atoms with E-state index in [1.54, 1.807) is 0 Å². The fraction of sp³-hybridized carbons (Fsp3) is 0.857. The second kappa shape index (κ2) is 2.85. The van der Waals surface area contributed by atoms with Crippen molar-refractivity contribution < 1.29 is 9.53 Å². The molecule has 0 spiro atoms. The molecule has 2 nitrogen and oxygen atoms in total. The predicted molar refractivity (Wildman–Crippen MR) is 34.0 cm³/mol. The van der Waals surface area contributed by atoms with E-state index >= 15 is 0 Å². The maximum Gasteiger partial charge on any atom is 0.302 e. The highest BCUT2D eigenvalue weighted by Crippen LogP contribution is 2.26. The lowest BCUT2D eigenvalue weighted by atomic mass is 9.86. The summed E-state index contributed by atoms with van der Waals surface area (Å²) in [6, 6.07) is 0. The van der Waals surface area contributed by atoms with Crippen LogP contribution < -0.4 is 0 Å². The summed E-state index contributed by atoms with van der Waals surface area (Å²) in [4.78, 5) is 10.3. The average molecular weight is 128 g/mol. The van der Waals surface area contributed by atoms with Crippen LogP contribution in [0.4, 0.5) is 0 Å². The molecule has 1 aliphatic rings. The van der Waals surface area contributed by atoms with Crippen LogP contribution in [0.15, 0.2) is 0 Å². The lowest BCUT2D eigenvalue weighted by molar-refractivity contribution is -0.143. The number of ether oxygens (including phenoxy) is 1. The molecule has 1 saturated carbocycles. The topological polar surface area (TPSA) is 26.3 Å². The minimum absolute atomic E-state index is 0.151. The van der Waals surface area contributed by atoms with Gasteiger partial charge in [0.1, 0.15) is 0 Å². The zero-order valence-corrected chi connectivity index (χ0v) is 5.72. The Bertz CT molecular complexity index is 105. The summed E-state index contributed by atoms with van der Waals surface area (Å²) in [5, 5.41) is 0. The molecule has 0 saturated heterocycles. The molecule has 1 fully saturated rings. The highest BCUT2D eigenvalue weighted by Gasteiger charge is 2.17. The second-order valence-corrected chi connectivity index (χ2v) is 2.60. The first-order valence-electron chi connectivity index (χ1n) is 3.42. The standard InChI is InChI=1S/C7H12O2/c1-6(8)9-5-7-3-2-4-7/h7H,2-5H2,1H3. The zero-order chi connectivity index (χ0) is 6.69. The van der Waals surface area contributed by atoms with Crippen LogP contribution in [-0.2, 0) is 9.53 Å². The fourth-order valence-corrected chi connectivity index (χ4v) is 0.895. The third-order valence-corrected chi connectivity index (χ3v) is 1.75. The van der Waals surface area contributed by atoms with Gasteiger partial charge in [0, 0.05) is 6.92 Å². The molecule has 0 aromatic carbocycles. The normalized spacial score (nSPS) is 18.8. The van der Waals surface area contributed by atoms with E-state index in [0.717, 1.165) is 0 Å². The number of carbonyl (C=O) groups excluding carboxylic acids is 1. The molecule has 52 valence electrons. The van der Waals surface area contributed by atoms with Gasteiger partial charge in [-0.3, -0.25) is 4.79 Å². The molecule has 0 heterocycles. The Morgan fingerprint density at radius 2 is 2.33 bits per heavy atom. The molecule has 0 amide bonds. The Kier molecular flexibility index (Phi) is 2.09. The van der Waals surface area contributed by atoms with Gasteiger partial charge in [0.2, 0.25) is 0 Å². The first-order chi connectivity index (χ1) is 4.29. The third kappa shape index (κ3) is 2.04. The first-order valence-corrected chi connectivity index (χ1v) is 3.42. The van der Waals surface area contributed by atoms with Crippen molar-refractivity contribution in [3.63, 3.8) is 0 Å². The van der Waals surface area contributed by atoms with Gasteiger partial charge in [0.25, 0.3) is 0 Å². The number of hydrogen-bond acceptors (Lipinski definition) is 2. The fourth-order valence-electron chi connectivity index (χ4n) is 0.895. The van der Waals surface area contributed by atoms with Crippen molar-refractivity contribution in [3.05, 3.63) is 0 Å². The van der Waals surface area contributed by atoms with E-state index in [0.29, 0.717) is 12.5 Å². The Morgan fingerprint density at radius 1 is 1.67 bits per heavy atom. The molecule has 2 heteroatoms. The number of rotatable bonds is 2. The van der Waals surface area contributed by atoms with Crippen molar-refractivity contribution in [1.82, 2.24) is 0 Å². The summed E-state index contributed by atoms with van der Waals surface area (Å²) >= 11 is 0. The summed E-state index contributed by atoms with van der Waals surface area (Å²) in [6.07, 6.45) is 3.80. The molecule has 1 rings (SSSR count). The second-order valence-electron chi connectivity index (χ2n) is 2.60. The molecule has 0 aliphatic heterocycles. The summed E-state index contributed by atoms with van der Waals surface area (Å²) < 4.78 is 4.81. The maximum absolute atomic E-state index is 10.3. The van der Waals surface area contributed by atoms with Crippen LogP contribution in [-0.4, -0.2) is 12.6 Å². The van der Waals surface area contributed by atoms with Crippen LogP contribution in [0.5, 0.6) is 0 Å². The predicted octanol–water partition coefficient (Wildman–Crippen LogP) is 1.35. The Balaban J connectivity index is 1.97. The van der Waals surface area contributed by atoms with E-state index in [1.807, 2.05) is 0 Å². The largest absolute Gasteiger partial charge is 0.466 e. The van der Waals surface area contributed by atoms with E-state index in [1.165, 1.54) is 26.2 Å². The van der Waals surface area contributed by atoms with Gasteiger partial charge in [-0.05, 0) is 18.8 Å². The van der Waals surface area contributed by atoms with Crippen LogP contribution in [0.25, 0.3) is 0 Å². The van der Waals surface area contributed by atoms with Crippen molar-refractivity contribution >= 4 is 5.97 Å². The Labute approximate surface area is 55.2 Å². The zero-order valence-electron chi connectivity index (χ0n) is 5.72. The van der Waals surface area contributed by atoms with Crippen LogP contribution in [0.2, 0.25) is 0 Å². The van der Waals surface area contributed by atoms with Gasteiger partial charge in [-0.2, -0.15) is 0 Å². The van der Waals surface area contributed by atoms with Crippen LogP contribution in [0.1, 0.15) is 26.2 Å². The van der Waals surface area contributed by atoms with Crippen LogP contribution >= 0.6 is 0 Å². The summed E-state index contributed by atoms with van der Waals surface area (Å²) in [6.45, 7) is 2.11. The van der Waals surface area contributed by atoms with Crippen molar-refractivity contribution in [2.24, 2.45) is 5.92 Å². The van der Waals surface area contributed by atoms with E-state index in [2.05, 4.69) is 0 Å². The minimum Gasteiger partial charge on any atom is -0.466 e. The number of hydrogen-bond donors (Lipinski definition) is 0. The molecular weight excluding hydrogens is 116 g/mol. The number of carbonyl (C=O) groups is 1. The van der Waals surface area contributed by atoms with E-state index in [-0.39, 0.29) is 5.97 Å². The van der Waals surface area contributed by atoms with Gasteiger partial charge in [0.15, 0.2) is 0 Å². The molecule has 0 unspecified atom stereocenters. The van der Waals surface area contributed by atoms with Crippen molar-refractivity contribution in [2.45, 2.75) is 26.2 Å². The average Bonchev–Trinajstić information content (AvgIpc) is 1.60. The minimum atomic E-state index is -0.151. The smallest absolute Gasteiger partial charge is 0.302 e. The van der Waals surface area contributed by atoms with E-state index in [9.17, 15) is 4.79 Å². The highest BCUT2D eigenvalue weighted by atomic mass is 16.5. The quantitative estimate of drug-likeness (QED) is 0.525. The van der Waals surface area contributed by atoms with Gasteiger partial charge in [-0.1, -0.05) is 6.42 Å². The first kappa shape index (κ1) is 6.59. The molecule has 0 radical (unpaired) electrons. The van der Waals surface area contributed by atoms with Crippen molar-refractivity contribution in [2.75, 3.05) is 6.61 Å². The Hall–Kier alpha value is -0.530. The Morgan fingerprint density at radius 3 is 2.67 bits per heavy atom. The van der Waals surface area contributed by atoms with Gasteiger partial charge in [0.05, 0.1) is 6.61 Å². The monoisotopic (exact) mass is 128 g/mol. The van der Waals surface area contributed by atoms with Crippen molar-refractivity contribution in [1.29, 1.82) is 0 Å². The van der Waals surface area contributed by atoms with Crippen LogP contribution in [0, 0.1) is 5.92 Å². The third-order valence-electron chi connectivity index (χ3n) is 1.75. The molecule has 0 bridgehead atoms. The maximum atomic E-state index is 10.3. The molecular formula is C7H12O2. The van der Waals surface area contributed by atoms with Crippen molar-refractivity contribution in [3.8, 4) is 0 Å². The van der Waals surface area contributed by atoms with Gasteiger partial charge < -0.3 is 4.74 Å². The molecule has 0 atom stereocenters.